The molecule has 0 saturated heterocycles. The number of aryl methyl sites for hydroxylation is 1. The zero-order chi connectivity index (χ0) is 17.6. The van der Waals surface area contributed by atoms with E-state index in [1.807, 2.05) is 44.3 Å². The summed E-state index contributed by atoms with van der Waals surface area (Å²) in [5.41, 5.74) is 3.80. The van der Waals surface area contributed by atoms with Crippen molar-refractivity contribution in [2.75, 3.05) is 7.05 Å². The standard InChI is InChI=1S/C19H18BrN3O2/c1-11-17-15(9-16(13-5-6-13)21-18(17)25-22-11)19(24)23(2)10-12-3-7-14(20)8-4-12/h3-4,7-9,13H,5-6,10H2,1-2H3. The third-order valence-electron chi connectivity index (χ3n) is 4.54. The number of aromatic nitrogens is 2. The van der Waals surface area contributed by atoms with Gasteiger partial charge in [0.1, 0.15) is 0 Å². The Labute approximate surface area is 154 Å². The Hall–Kier alpha value is -2.21. The van der Waals surface area contributed by atoms with Crippen LogP contribution >= 0.6 is 15.9 Å². The summed E-state index contributed by atoms with van der Waals surface area (Å²) in [5.74, 6) is 0.404. The van der Waals surface area contributed by atoms with E-state index in [2.05, 4.69) is 26.1 Å². The first-order valence-electron chi connectivity index (χ1n) is 8.30. The summed E-state index contributed by atoms with van der Waals surface area (Å²) in [4.78, 5) is 19.4. The minimum Gasteiger partial charge on any atom is -0.337 e. The number of fused-ring (bicyclic) bond motifs is 1. The van der Waals surface area contributed by atoms with E-state index in [-0.39, 0.29) is 5.91 Å². The molecule has 1 saturated carbocycles. The maximum atomic E-state index is 13.1. The molecule has 2 heterocycles. The molecule has 0 atom stereocenters. The third-order valence-corrected chi connectivity index (χ3v) is 5.07. The van der Waals surface area contributed by atoms with Crippen molar-refractivity contribution in [3.05, 3.63) is 57.3 Å². The maximum Gasteiger partial charge on any atom is 0.259 e. The Balaban J connectivity index is 1.68. The Bertz CT molecular complexity index is 945. The third kappa shape index (κ3) is 3.18. The summed E-state index contributed by atoms with van der Waals surface area (Å²) < 4.78 is 6.36. The second-order valence-corrected chi connectivity index (χ2v) is 7.52. The average Bonchev–Trinajstić information content (AvgIpc) is 3.39. The number of carbonyl (C=O) groups excluding carboxylic acids is 1. The van der Waals surface area contributed by atoms with Crippen LogP contribution in [0.2, 0.25) is 0 Å². The first kappa shape index (κ1) is 16.3. The van der Waals surface area contributed by atoms with Gasteiger partial charge < -0.3 is 9.42 Å². The summed E-state index contributed by atoms with van der Waals surface area (Å²) in [5, 5.41) is 4.72. The quantitative estimate of drug-likeness (QED) is 0.650. The van der Waals surface area contributed by atoms with Gasteiger partial charge in [-0.15, -0.1) is 0 Å². The molecule has 5 nitrogen and oxygen atoms in total. The Kier molecular flexibility index (Phi) is 4.07. The lowest BCUT2D eigenvalue weighted by molar-refractivity contribution is 0.0786. The van der Waals surface area contributed by atoms with Gasteiger partial charge in [0.05, 0.1) is 16.6 Å². The number of nitrogens with zero attached hydrogens (tertiary/aromatic N) is 3. The van der Waals surface area contributed by atoms with Crippen molar-refractivity contribution < 1.29 is 9.32 Å². The normalized spacial score (nSPS) is 14.0. The van der Waals surface area contributed by atoms with E-state index in [1.54, 1.807) is 4.90 Å². The van der Waals surface area contributed by atoms with Gasteiger partial charge in [-0.05, 0) is 43.5 Å². The topological polar surface area (TPSA) is 59.2 Å². The molecule has 1 aliphatic carbocycles. The van der Waals surface area contributed by atoms with E-state index in [1.165, 1.54) is 0 Å². The fourth-order valence-electron chi connectivity index (χ4n) is 3.01. The molecule has 25 heavy (non-hydrogen) atoms. The zero-order valence-electron chi connectivity index (χ0n) is 14.1. The molecular weight excluding hydrogens is 382 g/mol. The van der Waals surface area contributed by atoms with Crippen LogP contribution in [-0.4, -0.2) is 28.0 Å². The highest BCUT2D eigenvalue weighted by atomic mass is 79.9. The van der Waals surface area contributed by atoms with Crippen molar-refractivity contribution in [1.82, 2.24) is 15.0 Å². The van der Waals surface area contributed by atoms with Crippen molar-refractivity contribution in [3.63, 3.8) is 0 Å². The lowest BCUT2D eigenvalue weighted by Gasteiger charge is -2.18. The van der Waals surface area contributed by atoms with Crippen LogP contribution in [0.1, 0.15) is 46.1 Å². The van der Waals surface area contributed by atoms with Crippen molar-refractivity contribution in [1.29, 1.82) is 0 Å². The number of carbonyl (C=O) groups is 1. The summed E-state index contributed by atoms with van der Waals surface area (Å²) >= 11 is 3.43. The number of amides is 1. The Morgan fingerprint density at radius 1 is 1.32 bits per heavy atom. The highest BCUT2D eigenvalue weighted by molar-refractivity contribution is 9.10. The Morgan fingerprint density at radius 2 is 2.04 bits per heavy atom. The number of benzene rings is 1. The molecule has 1 aromatic carbocycles. The lowest BCUT2D eigenvalue weighted by atomic mass is 10.1. The zero-order valence-corrected chi connectivity index (χ0v) is 15.7. The monoisotopic (exact) mass is 399 g/mol. The van der Waals surface area contributed by atoms with E-state index in [0.717, 1.165) is 34.0 Å². The van der Waals surface area contributed by atoms with Crippen LogP contribution in [0.25, 0.3) is 11.1 Å². The van der Waals surface area contributed by atoms with Gasteiger partial charge in [-0.25, -0.2) is 4.98 Å². The van der Waals surface area contributed by atoms with Crippen LogP contribution in [0.15, 0.2) is 39.3 Å². The molecule has 3 aromatic rings. The number of hydrogen-bond donors (Lipinski definition) is 0. The SMILES string of the molecule is Cc1noc2nc(C3CC3)cc(C(=O)N(C)Cc3ccc(Br)cc3)c12. The molecule has 1 aliphatic rings. The average molecular weight is 400 g/mol. The molecule has 0 radical (unpaired) electrons. The highest BCUT2D eigenvalue weighted by Gasteiger charge is 2.29. The predicted molar refractivity (Wildman–Crippen MR) is 98.5 cm³/mol. The van der Waals surface area contributed by atoms with E-state index >= 15 is 0 Å². The van der Waals surface area contributed by atoms with Gasteiger partial charge in [0.2, 0.25) is 0 Å². The fraction of sp³-hybridized carbons (Fsp3) is 0.316. The fourth-order valence-corrected chi connectivity index (χ4v) is 3.28. The van der Waals surface area contributed by atoms with Gasteiger partial charge in [0.15, 0.2) is 0 Å². The van der Waals surface area contributed by atoms with Crippen LogP contribution in [0.4, 0.5) is 0 Å². The number of pyridine rings is 1. The van der Waals surface area contributed by atoms with Gasteiger partial charge in [-0.2, -0.15) is 0 Å². The highest BCUT2D eigenvalue weighted by Crippen LogP contribution is 2.40. The lowest BCUT2D eigenvalue weighted by Crippen LogP contribution is -2.26. The first-order valence-corrected chi connectivity index (χ1v) is 9.09. The van der Waals surface area contributed by atoms with Gasteiger partial charge in [0, 0.05) is 29.7 Å². The Morgan fingerprint density at radius 3 is 2.72 bits per heavy atom. The molecule has 0 bridgehead atoms. The molecule has 0 unspecified atom stereocenters. The van der Waals surface area contributed by atoms with Crippen LogP contribution in [0.5, 0.6) is 0 Å². The molecule has 0 aliphatic heterocycles. The van der Waals surface area contributed by atoms with E-state index < -0.39 is 0 Å². The number of rotatable bonds is 4. The minimum absolute atomic E-state index is 0.0384. The molecule has 128 valence electrons. The van der Waals surface area contributed by atoms with Gasteiger partial charge in [-0.1, -0.05) is 33.2 Å². The van der Waals surface area contributed by atoms with Crippen molar-refractivity contribution in [2.24, 2.45) is 0 Å². The number of halogens is 1. The summed E-state index contributed by atoms with van der Waals surface area (Å²) in [6.45, 7) is 2.38. The smallest absolute Gasteiger partial charge is 0.259 e. The molecule has 2 aromatic heterocycles. The van der Waals surface area contributed by atoms with Gasteiger partial charge in [-0.3, -0.25) is 4.79 Å². The molecule has 1 fully saturated rings. The minimum atomic E-state index is -0.0384. The van der Waals surface area contributed by atoms with E-state index in [4.69, 9.17) is 4.52 Å². The van der Waals surface area contributed by atoms with Gasteiger partial charge in [0.25, 0.3) is 11.6 Å². The molecule has 1 amide bonds. The van der Waals surface area contributed by atoms with Crippen LogP contribution in [0.3, 0.4) is 0 Å². The molecule has 0 spiro atoms. The van der Waals surface area contributed by atoms with Crippen LogP contribution < -0.4 is 0 Å². The predicted octanol–water partition coefficient (Wildman–Crippen LogP) is 4.44. The van der Waals surface area contributed by atoms with Crippen molar-refractivity contribution in [2.45, 2.75) is 32.2 Å². The molecule has 0 N–H and O–H groups in total. The first-order chi connectivity index (χ1) is 12.0. The maximum absolute atomic E-state index is 13.1. The summed E-state index contributed by atoms with van der Waals surface area (Å²) in [6, 6.07) is 9.90. The second-order valence-electron chi connectivity index (χ2n) is 6.60. The van der Waals surface area contributed by atoms with Crippen molar-refractivity contribution in [3.8, 4) is 0 Å². The molecule has 4 rings (SSSR count). The molecular formula is C19H18BrN3O2. The van der Waals surface area contributed by atoms with Crippen molar-refractivity contribution >= 4 is 32.9 Å². The summed E-state index contributed by atoms with van der Waals surface area (Å²) in [6.07, 6.45) is 2.24. The van der Waals surface area contributed by atoms with E-state index in [9.17, 15) is 4.79 Å². The number of hydrogen-bond acceptors (Lipinski definition) is 4. The van der Waals surface area contributed by atoms with Crippen LogP contribution in [-0.2, 0) is 6.54 Å². The summed E-state index contributed by atoms with van der Waals surface area (Å²) in [7, 11) is 1.82. The van der Waals surface area contributed by atoms with Crippen LogP contribution in [0, 0.1) is 6.92 Å². The van der Waals surface area contributed by atoms with Gasteiger partial charge >= 0.3 is 0 Å². The molecule has 6 heteroatoms. The largest absolute Gasteiger partial charge is 0.337 e. The second kappa shape index (κ2) is 6.26. The van der Waals surface area contributed by atoms with E-state index in [0.29, 0.717) is 29.4 Å².